The maximum Gasteiger partial charge on any atom is 0.411 e. The van der Waals surface area contributed by atoms with E-state index in [4.69, 9.17) is 4.74 Å². The number of nitrogens with zero attached hydrogens (tertiary/aromatic N) is 1. The number of ether oxygens (including phenoxy) is 1. The van der Waals surface area contributed by atoms with Crippen LogP contribution in [0.1, 0.15) is 43.3 Å². The molecule has 0 unspecified atom stereocenters. The van der Waals surface area contributed by atoms with Crippen LogP contribution in [0, 0.1) is 12.7 Å². The maximum atomic E-state index is 14.6. The number of hydrogen-bond acceptors (Lipinski definition) is 4. The van der Waals surface area contributed by atoms with Crippen LogP contribution in [0.25, 0.3) is 11.6 Å². The van der Waals surface area contributed by atoms with Crippen LogP contribution < -0.4 is 10.6 Å². The zero-order valence-electron chi connectivity index (χ0n) is 18.9. The van der Waals surface area contributed by atoms with E-state index >= 15 is 0 Å². The van der Waals surface area contributed by atoms with Gasteiger partial charge in [0.2, 0.25) is 0 Å². The fraction of sp³-hybridized carbons (Fsp3) is 0.391. The Morgan fingerprint density at radius 2 is 1.97 bits per heavy atom. The number of likely N-dealkylation sites (N-methyl/N-ethyl adjacent to an activating group) is 1. The number of rotatable bonds is 8. The Morgan fingerprint density at radius 3 is 2.61 bits per heavy atom. The van der Waals surface area contributed by atoms with Crippen molar-refractivity contribution in [1.29, 1.82) is 0 Å². The van der Waals surface area contributed by atoms with Gasteiger partial charge in [0.05, 0.1) is 22.5 Å². The second-order valence-corrected chi connectivity index (χ2v) is 7.79. The largest absolute Gasteiger partial charge is 0.448 e. The van der Waals surface area contributed by atoms with Gasteiger partial charge in [-0.05, 0) is 44.3 Å². The molecule has 3 rings (SSSR count). The molecule has 1 aliphatic heterocycles. The number of alkyl halides is 2. The summed E-state index contributed by atoms with van der Waals surface area (Å²) in [6, 6.07) is 3.76. The van der Waals surface area contributed by atoms with Gasteiger partial charge in [0.25, 0.3) is 11.8 Å². The van der Waals surface area contributed by atoms with Gasteiger partial charge < -0.3 is 19.9 Å². The van der Waals surface area contributed by atoms with Gasteiger partial charge >= 0.3 is 6.09 Å². The third-order valence-corrected chi connectivity index (χ3v) is 5.47. The van der Waals surface area contributed by atoms with Crippen molar-refractivity contribution in [1.82, 2.24) is 9.88 Å². The first-order chi connectivity index (χ1) is 15.5. The van der Waals surface area contributed by atoms with E-state index < -0.39 is 29.3 Å². The third-order valence-electron chi connectivity index (χ3n) is 5.47. The van der Waals surface area contributed by atoms with Crippen molar-refractivity contribution in [3.8, 4) is 0 Å². The van der Waals surface area contributed by atoms with Gasteiger partial charge in [-0.1, -0.05) is 13.8 Å². The van der Waals surface area contributed by atoms with Gasteiger partial charge in [0, 0.05) is 30.4 Å². The van der Waals surface area contributed by atoms with Crippen LogP contribution in [0.4, 0.5) is 29.3 Å². The zero-order chi connectivity index (χ0) is 24.3. The second kappa shape index (κ2) is 9.70. The van der Waals surface area contributed by atoms with Gasteiger partial charge in [0.1, 0.15) is 12.4 Å². The molecule has 0 spiro atoms. The number of anilines is 2. The number of benzene rings is 1. The van der Waals surface area contributed by atoms with Gasteiger partial charge in [0.15, 0.2) is 0 Å². The molecule has 1 aliphatic rings. The Labute approximate surface area is 190 Å². The van der Waals surface area contributed by atoms with E-state index in [1.807, 2.05) is 13.8 Å². The molecule has 0 saturated heterocycles. The van der Waals surface area contributed by atoms with Gasteiger partial charge in [-0.3, -0.25) is 10.1 Å². The van der Waals surface area contributed by atoms with Crippen molar-refractivity contribution >= 4 is 35.0 Å². The van der Waals surface area contributed by atoms with Crippen molar-refractivity contribution in [3.63, 3.8) is 0 Å². The molecule has 0 saturated carbocycles. The first kappa shape index (κ1) is 24.4. The first-order valence-corrected chi connectivity index (χ1v) is 10.6. The summed E-state index contributed by atoms with van der Waals surface area (Å²) < 4.78 is 48.1. The highest BCUT2D eigenvalue weighted by atomic mass is 19.3. The van der Waals surface area contributed by atoms with E-state index in [0.717, 1.165) is 19.2 Å². The molecule has 0 fully saturated rings. The lowest BCUT2D eigenvalue weighted by Gasteiger charge is -2.18. The smallest absolute Gasteiger partial charge is 0.411 e. The molecule has 10 heteroatoms. The minimum absolute atomic E-state index is 0.0320. The van der Waals surface area contributed by atoms with Gasteiger partial charge in [-0.25, -0.2) is 18.0 Å². The van der Waals surface area contributed by atoms with Crippen LogP contribution in [-0.4, -0.2) is 48.1 Å². The van der Waals surface area contributed by atoms with Crippen molar-refractivity contribution in [2.45, 2.75) is 33.6 Å². The highest BCUT2D eigenvalue weighted by Gasteiger charge is 2.35. The van der Waals surface area contributed by atoms with Crippen LogP contribution in [0.5, 0.6) is 0 Å². The highest BCUT2D eigenvalue weighted by molar-refractivity contribution is 6.34. The third kappa shape index (κ3) is 5.39. The monoisotopic (exact) mass is 464 g/mol. The Bertz CT molecular complexity index is 1090. The number of aromatic nitrogens is 1. The number of amides is 2. The van der Waals surface area contributed by atoms with Crippen molar-refractivity contribution in [2.24, 2.45) is 0 Å². The quantitative estimate of drug-likeness (QED) is 0.482. The fourth-order valence-electron chi connectivity index (χ4n) is 3.76. The molecule has 1 aromatic heterocycles. The molecule has 7 nitrogen and oxygen atoms in total. The van der Waals surface area contributed by atoms with Crippen molar-refractivity contribution in [3.05, 3.63) is 46.5 Å². The van der Waals surface area contributed by atoms with Crippen LogP contribution in [-0.2, 0) is 15.5 Å². The minimum atomic E-state index is -3.36. The molecule has 0 aliphatic carbocycles. The summed E-state index contributed by atoms with van der Waals surface area (Å²) in [5, 5.41) is 4.98. The molecule has 2 aromatic rings. The van der Waals surface area contributed by atoms with E-state index in [2.05, 4.69) is 20.5 Å². The number of aromatic amines is 1. The molecule has 2 amide bonds. The fourth-order valence-corrected chi connectivity index (χ4v) is 3.76. The lowest BCUT2D eigenvalue weighted by Crippen LogP contribution is -2.29. The van der Waals surface area contributed by atoms with E-state index in [-0.39, 0.29) is 34.8 Å². The molecular formula is C23H27F3N4O3. The molecule has 3 N–H and O–H groups in total. The predicted molar refractivity (Wildman–Crippen MR) is 121 cm³/mol. The Morgan fingerprint density at radius 1 is 1.27 bits per heavy atom. The summed E-state index contributed by atoms with van der Waals surface area (Å²) in [7, 11) is 0. The summed E-state index contributed by atoms with van der Waals surface area (Å²) in [6.45, 7) is 8.39. The molecule has 178 valence electrons. The van der Waals surface area contributed by atoms with E-state index in [1.54, 1.807) is 0 Å². The van der Waals surface area contributed by atoms with Crippen LogP contribution in [0.15, 0.2) is 18.2 Å². The zero-order valence-corrected chi connectivity index (χ0v) is 18.9. The number of H-pyrrole nitrogens is 1. The average molecular weight is 464 g/mol. The lowest BCUT2D eigenvalue weighted by molar-refractivity contribution is -0.110. The lowest BCUT2D eigenvalue weighted by atomic mass is 10.0. The van der Waals surface area contributed by atoms with Crippen molar-refractivity contribution < 1.29 is 27.5 Å². The molecule has 0 bridgehead atoms. The molecular weight excluding hydrogens is 437 g/mol. The van der Waals surface area contributed by atoms with Crippen molar-refractivity contribution in [2.75, 3.05) is 36.9 Å². The average Bonchev–Trinajstić information content (AvgIpc) is 3.21. The van der Waals surface area contributed by atoms with E-state index in [1.165, 1.54) is 25.1 Å². The van der Waals surface area contributed by atoms with E-state index in [0.29, 0.717) is 19.2 Å². The van der Waals surface area contributed by atoms with Crippen LogP contribution >= 0.6 is 0 Å². The summed E-state index contributed by atoms with van der Waals surface area (Å²) in [5.74, 6) is -4.46. The number of aryl methyl sites for hydroxylation is 1. The Balaban J connectivity index is 1.91. The number of halogens is 3. The standard InChI is InChI=1S/C23H27F3N4O3/c1-5-30(6-2)9-10-33-22(32)29-20-13(3)27-18(19(20)23(4,25)26)12-16-15-11-14(24)7-8-17(15)28-21(16)31/h7-8,11-12,27H,5-6,9-10H2,1-4H3,(H,28,31)(H,29,32)/b16-12-. The number of carbonyl (C=O) groups excluding carboxylic acids is 2. The number of hydrogen-bond donors (Lipinski definition) is 3. The number of carbonyl (C=O) groups is 2. The molecule has 33 heavy (non-hydrogen) atoms. The maximum absolute atomic E-state index is 14.6. The summed E-state index contributed by atoms with van der Waals surface area (Å²) in [5.41, 5.74) is 0.256. The summed E-state index contributed by atoms with van der Waals surface area (Å²) in [6.07, 6.45) is 0.372. The molecule has 1 aromatic carbocycles. The van der Waals surface area contributed by atoms with Crippen LogP contribution in [0.3, 0.4) is 0 Å². The van der Waals surface area contributed by atoms with Gasteiger partial charge in [-0.2, -0.15) is 0 Å². The summed E-state index contributed by atoms with van der Waals surface area (Å²) >= 11 is 0. The Kier molecular flexibility index (Phi) is 7.16. The van der Waals surface area contributed by atoms with Gasteiger partial charge in [-0.15, -0.1) is 0 Å². The SMILES string of the molecule is CCN(CC)CCOC(=O)Nc1c(C)[nH]c(/C=C2\C(=O)Nc3ccc(F)cc32)c1C(C)(F)F. The Hall–Kier alpha value is -3.27. The normalized spacial score (nSPS) is 14.5. The summed E-state index contributed by atoms with van der Waals surface area (Å²) in [4.78, 5) is 29.5. The highest BCUT2D eigenvalue weighted by Crippen LogP contribution is 2.41. The topological polar surface area (TPSA) is 86.5 Å². The molecule has 0 radical (unpaired) electrons. The molecule has 2 heterocycles. The second-order valence-electron chi connectivity index (χ2n) is 7.79. The van der Waals surface area contributed by atoms with Crippen LogP contribution in [0.2, 0.25) is 0 Å². The first-order valence-electron chi connectivity index (χ1n) is 10.6. The number of nitrogens with one attached hydrogen (secondary N) is 3. The molecule has 0 atom stereocenters. The predicted octanol–water partition coefficient (Wildman–Crippen LogP) is 4.96. The minimum Gasteiger partial charge on any atom is -0.448 e. The van der Waals surface area contributed by atoms with E-state index in [9.17, 15) is 22.8 Å². The number of fused-ring (bicyclic) bond motifs is 1.